The van der Waals surface area contributed by atoms with E-state index >= 15 is 0 Å². The summed E-state index contributed by atoms with van der Waals surface area (Å²) < 4.78 is 0. The third-order valence-electron chi connectivity index (χ3n) is 3.60. The number of benzene rings is 1. The number of aliphatic hydroxyl groups is 1. The van der Waals surface area contributed by atoms with Gasteiger partial charge >= 0.3 is 0 Å². The van der Waals surface area contributed by atoms with Crippen molar-refractivity contribution in [3.63, 3.8) is 0 Å². The molecular formula is C14H27N3O. The highest BCUT2D eigenvalue weighted by atomic mass is 16.3. The van der Waals surface area contributed by atoms with Gasteiger partial charge in [0.05, 0.1) is 6.10 Å². The van der Waals surface area contributed by atoms with Crippen LogP contribution in [0.4, 0.5) is 5.69 Å². The van der Waals surface area contributed by atoms with Gasteiger partial charge in [-0.1, -0.05) is 0 Å². The van der Waals surface area contributed by atoms with Crippen LogP contribution in [0.2, 0.25) is 0 Å². The standard InChI is InChI=1S/C11H17N.C3H10N2O/c1-6-7(2)9(4)11(12)10(5)8(6)3;4-1-3(6)2-5/h12H2,1-5H3;3,6H,1-2,4-5H2. The lowest BCUT2D eigenvalue weighted by Crippen LogP contribution is -2.27. The maximum atomic E-state index is 8.42. The highest BCUT2D eigenvalue weighted by Gasteiger charge is 2.08. The molecule has 0 aliphatic rings. The fourth-order valence-corrected chi connectivity index (χ4v) is 1.63. The van der Waals surface area contributed by atoms with Crippen molar-refractivity contribution in [3.05, 3.63) is 27.8 Å². The Bertz CT molecular complexity index is 294. The Balaban J connectivity index is 0.000000411. The van der Waals surface area contributed by atoms with Crippen molar-refractivity contribution in [2.45, 2.75) is 40.7 Å². The van der Waals surface area contributed by atoms with Gasteiger partial charge in [0.2, 0.25) is 0 Å². The van der Waals surface area contributed by atoms with Crippen LogP contribution in [0.3, 0.4) is 0 Å². The van der Waals surface area contributed by atoms with E-state index in [0.29, 0.717) is 0 Å². The Kier molecular flexibility index (Phi) is 6.91. The average molecular weight is 253 g/mol. The number of nitrogen functional groups attached to an aromatic ring is 1. The van der Waals surface area contributed by atoms with Crippen LogP contribution < -0.4 is 17.2 Å². The van der Waals surface area contributed by atoms with Gasteiger partial charge in [-0.15, -0.1) is 0 Å². The number of anilines is 1. The first-order valence-corrected chi connectivity index (χ1v) is 6.18. The summed E-state index contributed by atoms with van der Waals surface area (Å²) in [5, 5.41) is 8.42. The molecule has 4 heteroatoms. The van der Waals surface area contributed by atoms with Gasteiger partial charge in [0.25, 0.3) is 0 Å². The summed E-state index contributed by atoms with van der Waals surface area (Å²) in [5.74, 6) is 0. The smallest absolute Gasteiger partial charge is 0.0784 e. The minimum absolute atomic E-state index is 0.260. The van der Waals surface area contributed by atoms with E-state index in [4.69, 9.17) is 22.3 Å². The molecular weight excluding hydrogens is 226 g/mol. The molecule has 0 fully saturated rings. The molecule has 0 spiro atoms. The zero-order valence-electron chi connectivity index (χ0n) is 12.2. The Hall–Kier alpha value is -1.10. The molecule has 1 aromatic rings. The van der Waals surface area contributed by atoms with Crippen molar-refractivity contribution in [2.75, 3.05) is 18.8 Å². The first-order chi connectivity index (χ1) is 8.27. The van der Waals surface area contributed by atoms with Crippen molar-refractivity contribution >= 4 is 5.69 Å². The lowest BCUT2D eigenvalue weighted by Gasteiger charge is -2.15. The van der Waals surface area contributed by atoms with E-state index in [1.807, 2.05) is 0 Å². The van der Waals surface area contributed by atoms with E-state index in [1.54, 1.807) is 0 Å². The fourth-order valence-electron chi connectivity index (χ4n) is 1.63. The van der Waals surface area contributed by atoms with Crippen LogP contribution >= 0.6 is 0 Å². The van der Waals surface area contributed by atoms with Crippen molar-refractivity contribution in [1.82, 2.24) is 0 Å². The molecule has 0 aliphatic carbocycles. The molecule has 0 atom stereocenters. The molecule has 0 bridgehead atoms. The van der Waals surface area contributed by atoms with E-state index in [1.165, 1.54) is 27.8 Å². The van der Waals surface area contributed by atoms with Gasteiger partial charge in [0.15, 0.2) is 0 Å². The molecule has 0 saturated heterocycles. The Morgan fingerprint density at radius 1 is 0.778 bits per heavy atom. The van der Waals surface area contributed by atoms with Gasteiger partial charge in [0, 0.05) is 18.8 Å². The monoisotopic (exact) mass is 253 g/mol. The molecule has 0 radical (unpaired) electrons. The van der Waals surface area contributed by atoms with Crippen molar-refractivity contribution in [1.29, 1.82) is 0 Å². The maximum Gasteiger partial charge on any atom is 0.0784 e. The SMILES string of the molecule is Cc1c(C)c(C)c(N)c(C)c1C.NCC(O)CN. The summed E-state index contributed by atoms with van der Waals surface area (Å²) >= 11 is 0. The molecule has 104 valence electrons. The van der Waals surface area contributed by atoms with Gasteiger partial charge in [0.1, 0.15) is 0 Å². The normalized spacial score (nSPS) is 10.3. The first kappa shape index (κ1) is 16.9. The zero-order chi connectivity index (χ0) is 14.5. The van der Waals surface area contributed by atoms with E-state index in [9.17, 15) is 0 Å². The molecule has 4 nitrogen and oxygen atoms in total. The number of hydrogen-bond donors (Lipinski definition) is 4. The van der Waals surface area contributed by atoms with E-state index < -0.39 is 6.10 Å². The van der Waals surface area contributed by atoms with Gasteiger partial charge < -0.3 is 22.3 Å². The molecule has 0 unspecified atom stereocenters. The molecule has 0 saturated carbocycles. The van der Waals surface area contributed by atoms with Crippen LogP contribution in [0.5, 0.6) is 0 Å². The van der Waals surface area contributed by atoms with Crippen LogP contribution in [-0.2, 0) is 0 Å². The third kappa shape index (κ3) is 3.98. The quantitative estimate of drug-likeness (QED) is 0.593. The van der Waals surface area contributed by atoms with E-state index in [0.717, 1.165) is 5.69 Å². The summed E-state index contributed by atoms with van der Waals surface area (Å²) in [7, 11) is 0. The maximum absolute atomic E-state index is 8.42. The molecule has 0 heterocycles. The summed E-state index contributed by atoms with van der Waals surface area (Å²) in [6, 6.07) is 0. The number of aliphatic hydroxyl groups excluding tert-OH is 1. The third-order valence-corrected chi connectivity index (χ3v) is 3.60. The molecule has 7 N–H and O–H groups in total. The Morgan fingerprint density at radius 2 is 1.06 bits per heavy atom. The predicted molar refractivity (Wildman–Crippen MR) is 78.7 cm³/mol. The van der Waals surface area contributed by atoms with Crippen molar-refractivity contribution < 1.29 is 5.11 Å². The summed E-state index contributed by atoms with van der Waals surface area (Å²) in [5.41, 5.74) is 23.3. The minimum atomic E-state index is -0.509. The van der Waals surface area contributed by atoms with Crippen molar-refractivity contribution in [3.8, 4) is 0 Å². The second kappa shape index (κ2) is 7.36. The van der Waals surface area contributed by atoms with Gasteiger partial charge in [-0.2, -0.15) is 0 Å². The number of nitrogens with two attached hydrogens (primary N) is 3. The Morgan fingerprint density at radius 3 is 1.28 bits per heavy atom. The average Bonchev–Trinajstić information content (AvgIpc) is 2.40. The summed E-state index contributed by atoms with van der Waals surface area (Å²) in [6.07, 6.45) is -0.509. The van der Waals surface area contributed by atoms with E-state index in [-0.39, 0.29) is 13.1 Å². The van der Waals surface area contributed by atoms with Crippen LogP contribution in [0.15, 0.2) is 0 Å². The highest BCUT2D eigenvalue weighted by molar-refractivity contribution is 5.61. The minimum Gasteiger partial charge on any atom is -0.398 e. The molecule has 0 amide bonds. The first-order valence-electron chi connectivity index (χ1n) is 6.18. The molecule has 0 aromatic heterocycles. The largest absolute Gasteiger partial charge is 0.398 e. The highest BCUT2D eigenvalue weighted by Crippen LogP contribution is 2.27. The lowest BCUT2D eigenvalue weighted by atomic mass is 9.93. The van der Waals surface area contributed by atoms with Gasteiger partial charge in [-0.3, -0.25) is 0 Å². The van der Waals surface area contributed by atoms with Crippen LogP contribution in [-0.4, -0.2) is 24.3 Å². The van der Waals surface area contributed by atoms with Gasteiger partial charge in [-0.25, -0.2) is 0 Å². The van der Waals surface area contributed by atoms with Crippen LogP contribution in [0.25, 0.3) is 0 Å². The topological polar surface area (TPSA) is 98.3 Å². The number of hydrogen-bond acceptors (Lipinski definition) is 4. The molecule has 18 heavy (non-hydrogen) atoms. The Labute approximate surface area is 110 Å². The van der Waals surface area contributed by atoms with Crippen molar-refractivity contribution in [2.24, 2.45) is 11.5 Å². The van der Waals surface area contributed by atoms with E-state index in [2.05, 4.69) is 34.6 Å². The van der Waals surface area contributed by atoms with Gasteiger partial charge in [-0.05, 0) is 62.4 Å². The summed E-state index contributed by atoms with van der Waals surface area (Å²) in [4.78, 5) is 0. The summed E-state index contributed by atoms with van der Waals surface area (Å²) in [6.45, 7) is 11.1. The van der Waals surface area contributed by atoms with Crippen LogP contribution in [0, 0.1) is 34.6 Å². The number of rotatable bonds is 2. The second-order valence-corrected chi connectivity index (χ2v) is 4.66. The molecule has 0 aliphatic heterocycles. The van der Waals surface area contributed by atoms with Crippen LogP contribution in [0.1, 0.15) is 27.8 Å². The predicted octanol–water partition coefficient (Wildman–Crippen LogP) is 1.08. The lowest BCUT2D eigenvalue weighted by molar-refractivity contribution is 0.191. The fraction of sp³-hybridized carbons (Fsp3) is 0.571. The molecule has 1 aromatic carbocycles. The second-order valence-electron chi connectivity index (χ2n) is 4.66. The zero-order valence-corrected chi connectivity index (χ0v) is 12.2. The molecule has 1 rings (SSSR count).